The van der Waals surface area contributed by atoms with Gasteiger partial charge in [-0.25, -0.2) is 0 Å². The van der Waals surface area contributed by atoms with Crippen molar-refractivity contribution in [2.45, 2.75) is 13.8 Å². The Balaban J connectivity index is 1.84. The number of aromatic nitrogens is 2. The molecule has 0 aliphatic carbocycles. The number of amides is 1. The number of aryl methyl sites for hydroxylation is 2. The standard InChI is InChI=1S/C15H17BrN4O2/c1-10-15(11(2)20(3)19-10)18-14(21)9-22-17-8-12-4-6-13(16)7-5-12/h4-8H,9H2,1-3H3,(H,18,21)/b17-8-. The Morgan fingerprint density at radius 1 is 1.41 bits per heavy atom. The summed E-state index contributed by atoms with van der Waals surface area (Å²) in [5, 5.41) is 10.8. The van der Waals surface area contributed by atoms with Crippen molar-refractivity contribution >= 4 is 33.7 Å². The van der Waals surface area contributed by atoms with E-state index in [0.29, 0.717) is 5.69 Å². The van der Waals surface area contributed by atoms with Gasteiger partial charge in [0.25, 0.3) is 5.91 Å². The Hall–Kier alpha value is -2.15. The maximum atomic E-state index is 11.8. The second-order valence-corrected chi connectivity index (χ2v) is 5.69. The third kappa shape index (κ3) is 4.17. The van der Waals surface area contributed by atoms with Crippen molar-refractivity contribution in [1.29, 1.82) is 0 Å². The number of halogens is 1. The lowest BCUT2D eigenvalue weighted by atomic mass is 10.2. The minimum absolute atomic E-state index is 0.152. The van der Waals surface area contributed by atoms with Gasteiger partial charge in [-0.1, -0.05) is 33.2 Å². The van der Waals surface area contributed by atoms with Gasteiger partial charge in [-0.3, -0.25) is 9.48 Å². The van der Waals surface area contributed by atoms with Crippen molar-refractivity contribution < 1.29 is 9.63 Å². The summed E-state index contributed by atoms with van der Waals surface area (Å²) in [5.74, 6) is -0.271. The van der Waals surface area contributed by atoms with Crippen LogP contribution in [0.2, 0.25) is 0 Å². The number of rotatable bonds is 5. The summed E-state index contributed by atoms with van der Waals surface area (Å²) >= 11 is 3.36. The monoisotopic (exact) mass is 364 g/mol. The van der Waals surface area contributed by atoms with Crippen LogP contribution in [0.5, 0.6) is 0 Å². The maximum Gasteiger partial charge on any atom is 0.265 e. The molecule has 2 aromatic rings. The van der Waals surface area contributed by atoms with Crippen LogP contribution in [0.4, 0.5) is 5.69 Å². The van der Waals surface area contributed by atoms with E-state index in [4.69, 9.17) is 4.84 Å². The largest absolute Gasteiger partial charge is 0.386 e. The Bertz CT molecular complexity index is 692. The lowest BCUT2D eigenvalue weighted by Crippen LogP contribution is -2.18. The molecule has 22 heavy (non-hydrogen) atoms. The minimum atomic E-state index is -0.271. The topological polar surface area (TPSA) is 68.5 Å². The van der Waals surface area contributed by atoms with Gasteiger partial charge in [-0.05, 0) is 31.5 Å². The zero-order chi connectivity index (χ0) is 16.1. The molecule has 0 spiro atoms. The molecule has 6 nitrogen and oxygen atoms in total. The number of nitrogens with one attached hydrogen (secondary N) is 1. The predicted octanol–water partition coefficient (Wildman–Crippen LogP) is 2.79. The zero-order valence-electron chi connectivity index (χ0n) is 12.6. The molecule has 116 valence electrons. The molecule has 0 aliphatic rings. The van der Waals surface area contributed by atoms with Gasteiger partial charge in [0.2, 0.25) is 0 Å². The Labute approximate surface area is 137 Å². The van der Waals surface area contributed by atoms with Crippen molar-refractivity contribution in [1.82, 2.24) is 9.78 Å². The molecule has 0 radical (unpaired) electrons. The number of benzene rings is 1. The summed E-state index contributed by atoms with van der Waals surface area (Å²) in [7, 11) is 1.83. The van der Waals surface area contributed by atoms with E-state index in [1.54, 1.807) is 10.9 Å². The highest BCUT2D eigenvalue weighted by Crippen LogP contribution is 2.17. The minimum Gasteiger partial charge on any atom is -0.386 e. The summed E-state index contributed by atoms with van der Waals surface area (Å²) in [6.07, 6.45) is 1.56. The number of oxime groups is 1. The average molecular weight is 365 g/mol. The van der Waals surface area contributed by atoms with Crippen LogP contribution in [0.3, 0.4) is 0 Å². The molecule has 1 amide bonds. The fraction of sp³-hybridized carbons (Fsp3) is 0.267. The molecule has 1 aromatic heterocycles. The summed E-state index contributed by atoms with van der Waals surface area (Å²) in [4.78, 5) is 16.8. The normalized spacial score (nSPS) is 10.9. The van der Waals surface area contributed by atoms with Crippen LogP contribution in [0.25, 0.3) is 0 Å². The Kier molecular flexibility index (Phi) is 5.32. The Morgan fingerprint density at radius 2 is 2.09 bits per heavy atom. The van der Waals surface area contributed by atoms with E-state index in [0.717, 1.165) is 21.4 Å². The summed E-state index contributed by atoms with van der Waals surface area (Å²) in [6, 6.07) is 7.59. The first-order valence-corrected chi connectivity index (χ1v) is 7.47. The first kappa shape index (κ1) is 16.2. The van der Waals surface area contributed by atoms with E-state index in [1.807, 2.05) is 45.2 Å². The summed E-state index contributed by atoms with van der Waals surface area (Å²) in [6.45, 7) is 3.58. The molecule has 0 fully saturated rings. The van der Waals surface area contributed by atoms with E-state index >= 15 is 0 Å². The van der Waals surface area contributed by atoms with Gasteiger partial charge in [-0.2, -0.15) is 5.10 Å². The molecule has 1 aromatic carbocycles. The van der Waals surface area contributed by atoms with Gasteiger partial charge in [-0.15, -0.1) is 0 Å². The first-order valence-electron chi connectivity index (χ1n) is 6.68. The Morgan fingerprint density at radius 3 is 2.68 bits per heavy atom. The number of anilines is 1. The van der Waals surface area contributed by atoms with Crippen LogP contribution in [0.1, 0.15) is 17.0 Å². The second kappa shape index (κ2) is 7.22. The lowest BCUT2D eigenvalue weighted by molar-refractivity contribution is -0.120. The van der Waals surface area contributed by atoms with Crippen LogP contribution in [0, 0.1) is 13.8 Å². The third-order valence-corrected chi connectivity index (χ3v) is 3.64. The first-order chi connectivity index (χ1) is 10.5. The zero-order valence-corrected chi connectivity index (χ0v) is 14.2. The van der Waals surface area contributed by atoms with Crippen molar-refractivity contribution in [2.24, 2.45) is 12.2 Å². The lowest BCUT2D eigenvalue weighted by Gasteiger charge is -2.04. The fourth-order valence-electron chi connectivity index (χ4n) is 1.87. The van der Waals surface area contributed by atoms with Gasteiger partial charge in [0.15, 0.2) is 6.61 Å². The van der Waals surface area contributed by atoms with Gasteiger partial charge in [0.05, 0.1) is 23.3 Å². The SMILES string of the molecule is Cc1nn(C)c(C)c1NC(=O)CO/N=C\c1ccc(Br)cc1. The number of hydrogen-bond acceptors (Lipinski definition) is 4. The van der Waals surface area contributed by atoms with E-state index < -0.39 is 0 Å². The number of carbonyl (C=O) groups excluding carboxylic acids is 1. The van der Waals surface area contributed by atoms with E-state index in [9.17, 15) is 4.79 Å². The molecule has 2 rings (SSSR count). The van der Waals surface area contributed by atoms with E-state index in [2.05, 4.69) is 31.5 Å². The molecule has 0 saturated carbocycles. The highest BCUT2D eigenvalue weighted by atomic mass is 79.9. The van der Waals surface area contributed by atoms with Crippen molar-refractivity contribution in [3.8, 4) is 0 Å². The van der Waals surface area contributed by atoms with Gasteiger partial charge in [0.1, 0.15) is 0 Å². The van der Waals surface area contributed by atoms with Crippen LogP contribution in [0.15, 0.2) is 33.9 Å². The molecule has 0 unspecified atom stereocenters. The van der Waals surface area contributed by atoms with Crippen LogP contribution >= 0.6 is 15.9 Å². The highest BCUT2D eigenvalue weighted by molar-refractivity contribution is 9.10. The highest BCUT2D eigenvalue weighted by Gasteiger charge is 2.12. The summed E-state index contributed by atoms with van der Waals surface area (Å²) in [5.41, 5.74) is 3.27. The molecule has 0 aliphatic heterocycles. The van der Waals surface area contributed by atoms with Crippen molar-refractivity contribution in [3.05, 3.63) is 45.7 Å². The number of carbonyl (C=O) groups is 1. The average Bonchev–Trinajstić information content (AvgIpc) is 2.72. The molecular weight excluding hydrogens is 348 g/mol. The second-order valence-electron chi connectivity index (χ2n) is 4.78. The molecule has 0 bridgehead atoms. The summed E-state index contributed by atoms with van der Waals surface area (Å²) < 4.78 is 2.71. The van der Waals surface area contributed by atoms with Crippen LogP contribution in [-0.4, -0.2) is 28.5 Å². The van der Waals surface area contributed by atoms with Gasteiger partial charge in [0, 0.05) is 11.5 Å². The van der Waals surface area contributed by atoms with E-state index in [1.165, 1.54) is 0 Å². The molecular formula is C15H17BrN4O2. The third-order valence-electron chi connectivity index (χ3n) is 3.12. The van der Waals surface area contributed by atoms with Crippen molar-refractivity contribution in [3.63, 3.8) is 0 Å². The van der Waals surface area contributed by atoms with Crippen molar-refractivity contribution in [2.75, 3.05) is 11.9 Å². The fourth-order valence-corrected chi connectivity index (χ4v) is 2.14. The predicted molar refractivity (Wildman–Crippen MR) is 89.0 cm³/mol. The number of nitrogens with zero attached hydrogens (tertiary/aromatic N) is 3. The van der Waals surface area contributed by atoms with Gasteiger partial charge < -0.3 is 10.2 Å². The van der Waals surface area contributed by atoms with Gasteiger partial charge >= 0.3 is 0 Å². The number of hydrogen-bond donors (Lipinski definition) is 1. The van der Waals surface area contributed by atoms with Crippen LogP contribution < -0.4 is 5.32 Å². The molecule has 1 N–H and O–H groups in total. The smallest absolute Gasteiger partial charge is 0.265 e. The maximum absolute atomic E-state index is 11.8. The molecule has 1 heterocycles. The molecule has 7 heteroatoms. The van der Waals surface area contributed by atoms with Crippen LogP contribution in [-0.2, 0) is 16.7 Å². The molecule has 0 saturated heterocycles. The molecule has 0 atom stereocenters. The van der Waals surface area contributed by atoms with E-state index in [-0.39, 0.29) is 12.5 Å². The quantitative estimate of drug-likeness (QED) is 0.655.